The summed E-state index contributed by atoms with van der Waals surface area (Å²) in [4.78, 5) is 25.7. The molecule has 17 heavy (non-hydrogen) atoms. The number of piperazine rings is 1. The summed E-state index contributed by atoms with van der Waals surface area (Å²) in [7, 11) is 1.59. The van der Waals surface area contributed by atoms with Gasteiger partial charge in [-0.15, -0.1) is 0 Å². The van der Waals surface area contributed by atoms with Crippen molar-refractivity contribution in [2.24, 2.45) is 0 Å². The molecule has 1 N–H and O–H groups in total. The molecule has 1 aliphatic heterocycles. The molecule has 1 heterocycles. The summed E-state index contributed by atoms with van der Waals surface area (Å²) in [6.45, 7) is 7.98. The first-order chi connectivity index (χ1) is 7.77. The van der Waals surface area contributed by atoms with Crippen LogP contribution in [0.5, 0.6) is 0 Å². The van der Waals surface area contributed by atoms with Gasteiger partial charge in [0.2, 0.25) is 11.8 Å². The maximum Gasteiger partial charge on any atom is 0.249 e. The number of methoxy groups -OCH3 is 1. The lowest BCUT2D eigenvalue weighted by Gasteiger charge is -2.46. The topological polar surface area (TPSA) is 58.6 Å². The number of nitrogens with one attached hydrogen (secondary N) is 1. The minimum atomic E-state index is -0.791. The second kappa shape index (κ2) is 4.64. The monoisotopic (exact) mass is 242 g/mol. The number of amides is 2. The molecule has 0 aromatic carbocycles. The Kier molecular flexibility index (Phi) is 3.81. The Morgan fingerprint density at radius 3 is 2.53 bits per heavy atom. The molecule has 0 aromatic heterocycles. The molecule has 1 saturated heterocycles. The zero-order chi connectivity index (χ0) is 13.3. The van der Waals surface area contributed by atoms with Crippen molar-refractivity contribution >= 4 is 11.8 Å². The van der Waals surface area contributed by atoms with Crippen LogP contribution in [0.15, 0.2) is 0 Å². The van der Waals surface area contributed by atoms with E-state index >= 15 is 0 Å². The average Bonchev–Trinajstić information content (AvgIpc) is 2.23. The normalized spacial score (nSPS) is 26.1. The maximum atomic E-state index is 12.4. The van der Waals surface area contributed by atoms with E-state index in [1.54, 1.807) is 18.9 Å². The van der Waals surface area contributed by atoms with Crippen LogP contribution >= 0.6 is 0 Å². The van der Waals surface area contributed by atoms with Gasteiger partial charge in [-0.1, -0.05) is 6.92 Å². The summed E-state index contributed by atoms with van der Waals surface area (Å²) in [5.74, 6) is -0.153. The first-order valence-electron chi connectivity index (χ1n) is 5.89. The predicted molar refractivity (Wildman–Crippen MR) is 64.5 cm³/mol. The molecule has 1 unspecified atom stereocenters. The second-order valence-electron chi connectivity index (χ2n) is 5.37. The first-order valence-corrected chi connectivity index (χ1v) is 5.89. The van der Waals surface area contributed by atoms with Gasteiger partial charge in [0, 0.05) is 7.11 Å². The van der Waals surface area contributed by atoms with Crippen molar-refractivity contribution in [3.05, 3.63) is 0 Å². The van der Waals surface area contributed by atoms with Gasteiger partial charge in [-0.25, -0.2) is 0 Å². The van der Waals surface area contributed by atoms with E-state index in [4.69, 9.17) is 4.74 Å². The van der Waals surface area contributed by atoms with Crippen LogP contribution in [0.25, 0.3) is 0 Å². The summed E-state index contributed by atoms with van der Waals surface area (Å²) in [5, 5.41) is 2.77. The molecule has 5 heteroatoms. The molecular weight excluding hydrogens is 220 g/mol. The van der Waals surface area contributed by atoms with Crippen molar-refractivity contribution < 1.29 is 14.3 Å². The first kappa shape index (κ1) is 14.0. The zero-order valence-electron chi connectivity index (χ0n) is 11.3. The van der Waals surface area contributed by atoms with Gasteiger partial charge in [0.25, 0.3) is 0 Å². The lowest BCUT2D eigenvalue weighted by Crippen LogP contribution is -2.69. The van der Waals surface area contributed by atoms with E-state index in [2.05, 4.69) is 5.32 Å². The largest absolute Gasteiger partial charge is 0.382 e. The molecule has 0 radical (unpaired) electrons. The van der Waals surface area contributed by atoms with Crippen LogP contribution in [0.4, 0.5) is 0 Å². The maximum absolute atomic E-state index is 12.4. The van der Waals surface area contributed by atoms with E-state index in [0.717, 1.165) is 0 Å². The highest BCUT2D eigenvalue weighted by molar-refractivity contribution is 5.98. The number of nitrogens with zero attached hydrogens (tertiary/aromatic N) is 1. The molecule has 2 amide bonds. The van der Waals surface area contributed by atoms with Crippen molar-refractivity contribution in [2.45, 2.75) is 45.2 Å². The number of carbonyl (C=O) groups is 2. The highest BCUT2D eigenvalue weighted by atomic mass is 16.5. The Balaban J connectivity index is 3.00. The SMILES string of the molecule is CCC1(C)NC(=O)CN(C(C)(C)COC)C1=O. The van der Waals surface area contributed by atoms with E-state index < -0.39 is 11.1 Å². The van der Waals surface area contributed by atoms with E-state index in [9.17, 15) is 9.59 Å². The van der Waals surface area contributed by atoms with Crippen molar-refractivity contribution in [3.8, 4) is 0 Å². The standard InChI is InChI=1S/C12H22N2O3/c1-6-12(4)10(16)14(7-9(15)13-12)11(2,3)8-17-5/h6-8H2,1-5H3,(H,13,15). The molecule has 0 bridgehead atoms. The molecule has 1 atom stereocenters. The Morgan fingerprint density at radius 2 is 2.06 bits per heavy atom. The van der Waals surface area contributed by atoms with Gasteiger partial charge >= 0.3 is 0 Å². The molecule has 5 nitrogen and oxygen atoms in total. The van der Waals surface area contributed by atoms with Gasteiger partial charge in [0.15, 0.2) is 0 Å². The van der Waals surface area contributed by atoms with Crippen LogP contribution in [-0.4, -0.2) is 48.1 Å². The fourth-order valence-electron chi connectivity index (χ4n) is 2.07. The Labute approximate surface area is 102 Å². The molecule has 98 valence electrons. The van der Waals surface area contributed by atoms with Crippen molar-refractivity contribution in [1.29, 1.82) is 0 Å². The fourth-order valence-corrected chi connectivity index (χ4v) is 2.07. The molecule has 1 rings (SSSR count). The minimum Gasteiger partial charge on any atom is -0.382 e. The Morgan fingerprint density at radius 1 is 1.47 bits per heavy atom. The second-order valence-corrected chi connectivity index (χ2v) is 5.37. The summed E-state index contributed by atoms with van der Waals surface area (Å²) in [6.07, 6.45) is 0.580. The van der Waals surface area contributed by atoms with Gasteiger partial charge in [-0.05, 0) is 27.2 Å². The van der Waals surface area contributed by atoms with E-state index in [0.29, 0.717) is 13.0 Å². The number of ether oxygens (including phenoxy) is 1. The third kappa shape index (κ3) is 2.60. The highest BCUT2D eigenvalue weighted by Crippen LogP contribution is 2.24. The fraction of sp³-hybridized carbons (Fsp3) is 0.833. The number of carbonyl (C=O) groups excluding carboxylic acids is 2. The summed E-state index contributed by atoms with van der Waals surface area (Å²) >= 11 is 0. The zero-order valence-corrected chi connectivity index (χ0v) is 11.3. The van der Waals surface area contributed by atoms with Gasteiger partial charge in [-0.3, -0.25) is 9.59 Å². The summed E-state index contributed by atoms with van der Waals surface area (Å²) < 4.78 is 5.12. The van der Waals surface area contributed by atoms with Crippen LogP contribution < -0.4 is 5.32 Å². The number of hydrogen-bond acceptors (Lipinski definition) is 3. The average molecular weight is 242 g/mol. The van der Waals surface area contributed by atoms with Crippen LogP contribution in [0.2, 0.25) is 0 Å². The molecule has 0 aromatic rings. The molecule has 0 aliphatic carbocycles. The molecule has 0 spiro atoms. The Bertz CT molecular complexity index is 328. The number of hydrogen-bond donors (Lipinski definition) is 1. The lowest BCUT2D eigenvalue weighted by atomic mass is 9.90. The van der Waals surface area contributed by atoms with Crippen molar-refractivity contribution in [2.75, 3.05) is 20.3 Å². The van der Waals surface area contributed by atoms with E-state index in [1.807, 2.05) is 20.8 Å². The quantitative estimate of drug-likeness (QED) is 0.782. The predicted octanol–water partition coefficient (Wildman–Crippen LogP) is 0.538. The highest BCUT2D eigenvalue weighted by Gasteiger charge is 2.46. The third-order valence-corrected chi connectivity index (χ3v) is 3.37. The van der Waals surface area contributed by atoms with Crippen molar-refractivity contribution in [3.63, 3.8) is 0 Å². The minimum absolute atomic E-state index is 0.0401. The Hall–Kier alpha value is -1.10. The summed E-state index contributed by atoms with van der Waals surface area (Å²) in [5.41, 5.74) is -1.26. The van der Waals surface area contributed by atoms with Gasteiger partial charge < -0.3 is 15.0 Å². The molecule has 1 fully saturated rings. The van der Waals surface area contributed by atoms with Crippen LogP contribution in [0.3, 0.4) is 0 Å². The van der Waals surface area contributed by atoms with Gasteiger partial charge in [-0.2, -0.15) is 0 Å². The van der Waals surface area contributed by atoms with Crippen LogP contribution in [0, 0.1) is 0 Å². The van der Waals surface area contributed by atoms with E-state index in [-0.39, 0.29) is 18.4 Å². The lowest BCUT2D eigenvalue weighted by molar-refractivity contribution is -0.156. The van der Waals surface area contributed by atoms with Crippen molar-refractivity contribution in [1.82, 2.24) is 10.2 Å². The molecule has 1 aliphatic rings. The third-order valence-electron chi connectivity index (χ3n) is 3.37. The number of rotatable bonds is 4. The molecular formula is C12H22N2O3. The van der Waals surface area contributed by atoms with Gasteiger partial charge in [0.05, 0.1) is 12.1 Å². The summed E-state index contributed by atoms with van der Waals surface area (Å²) in [6, 6.07) is 0. The smallest absolute Gasteiger partial charge is 0.249 e. The molecule has 0 saturated carbocycles. The van der Waals surface area contributed by atoms with Crippen LogP contribution in [0.1, 0.15) is 34.1 Å². The van der Waals surface area contributed by atoms with Crippen LogP contribution in [-0.2, 0) is 14.3 Å². The van der Waals surface area contributed by atoms with E-state index in [1.165, 1.54) is 0 Å². The van der Waals surface area contributed by atoms with Gasteiger partial charge in [0.1, 0.15) is 12.1 Å².